The van der Waals surface area contributed by atoms with Gasteiger partial charge < -0.3 is 5.73 Å². The van der Waals surface area contributed by atoms with E-state index in [0.29, 0.717) is 5.92 Å². The zero-order chi connectivity index (χ0) is 9.84. The number of ketones is 1. The maximum absolute atomic E-state index is 10.9. The predicted molar refractivity (Wildman–Crippen MR) is 54.4 cm³/mol. The van der Waals surface area contributed by atoms with E-state index >= 15 is 0 Å². The molecule has 0 unspecified atom stereocenters. The Balaban J connectivity index is 2.07. The maximum Gasteiger partial charge on any atom is 0.146 e. The summed E-state index contributed by atoms with van der Waals surface area (Å²) in [5.74, 6) is 1.73. The van der Waals surface area contributed by atoms with Gasteiger partial charge in [0.2, 0.25) is 0 Å². The summed E-state index contributed by atoms with van der Waals surface area (Å²) in [5.41, 5.74) is 5.69. The molecule has 2 atom stereocenters. The topological polar surface area (TPSA) is 43.1 Å². The molecular weight excluding hydrogens is 162 g/mol. The summed E-state index contributed by atoms with van der Waals surface area (Å²) < 4.78 is 0. The lowest BCUT2D eigenvalue weighted by molar-refractivity contribution is -0.118. The largest absolute Gasteiger partial charge is 0.322 e. The quantitative estimate of drug-likeness (QED) is 0.685. The average molecular weight is 183 g/mol. The fraction of sp³-hybridized carbons (Fsp3) is 0.909. The van der Waals surface area contributed by atoms with Gasteiger partial charge in [0.25, 0.3) is 0 Å². The minimum atomic E-state index is -0.228. The standard InChI is InChI=1S/C11H21NO/c1-8(3-4-10-5-6-10)7-11(12)9(2)13/h8,10-11H,3-7,12H2,1-2H3/t8-,11-/m0/s1. The van der Waals surface area contributed by atoms with Gasteiger partial charge in [0.15, 0.2) is 0 Å². The maximum atomic E-state index is 10.9. The van der Waals surface area contributed by atoms with Gasteiger partial charge in [-0.1, -0.05) is 32.6 Å². The Morgan fingerprint density at radius 3 is 2.62 bits per heavy atom. The van der Waals surface area contributed by atoms with Crippen molar-refractivity contribution < 1.29 is 4.79 Å². The Kier molecular flexibility index (Phi) is 3.91. The van der Waals surface area contributed by atoms with Crippen LogP contribution in [0.25, 0.3) is 0 Å². The fourth-order valence-corrected chi connectivity index (χ4v) is 1.64. The Labute approximate surface area is 80.9 Å². The van der Waals surface area contributed by atoms with Crippen LogP contribution >= 0.6 is 0 Å². The molecule has 2 heteroatoms. The highest BCUT2D eigenvalue weighted by Gasteiger charge is 2.22. The van der Waals surface area contributed by atoms with Gasteiger partial charge in [-0.2, -0.15) is 0 Å². The van der Waals surface area contributed by atoms with Gasteiger partial charge in [-0.15, -0.1) is 0 Å². The molecule has 1 rings (SSSR count). The van der Waals surface area contributed by atoms with Crippen molar-refractivity contribution in [3.05, 3.63) is 0 Å². The first-order valence-electron chi connectivity index (χ1n) is 5.35. The third kappa shape index (κ3) is 4.41. The van der Waals surface area contributed by atoms with Crippen LogP contribution in [0.2, 0.25) is 0 Å². The second kappa shape index (κ2) is 4.75. The first-order chi connectivity index (χ1) is 6.09. The van der Waals surface area contributed by atoms with E-state index in [2.05, 4.69) is 6.92 Å². The summed E-state index contributed by atoms with van der Waals surface area (Å²) in [6.07, 6.45) is 6.29. The van der Waals surface area contributed by atoms with E-state index in [4.69, 9.17) is 5.73 Å². The predicted octanol–water partition coefficient (Wildman–Crippen LogP) is 2.12. The lowest BCUT2D eigenvalue weighted by atomic mass is 9.95. The summed E-state index contributed by atoms with van der Waals surface area (Å²) in [4.78, 5) is 10.9. The highest BCUT2D eigenvalue weighted by Crippen LogP contribution is 2.35. The molecule has 2 N–H and O–H groups in total. The smallest absolute Gasteiger partial charge is 0.146 e. The number of carbonyl (C=O) groups is 1. The summed E-state index contributed by atoms with van der Waals surface area (Å²) in [6, 6.07) is -0.228. The number of hydrogen-bond acceptors (Lipinski definition) is 2. The molecule has 13 heavy (non-hydrogen) atoms. The Bertz CT molecular complexity index is 175. The molecule has 0 aromatic rings. The molecule has 0 aromatic heterocycles. The molecule has 1 fully saturated rings. The van der Waals surface area contributed by atoms with Crippen LogP contribution < -0.4 is 5.73 Å². The zero-order valence-corrected chi connectivity index (χ0v) is 8.75. The Hall–Kier alpha value is -0.370. The lowest BCUT2D eigenvalue weighted by Gasteiger charge is -2.14. The van der Waals surface area contributed by atoms with Crippen LogP contribution in [0.1, 0.15) is 46.0 Å². The summed E-state index contributed by atoms with van der Waals surface area (Å²) in [6.45, 7) is 3.78. The van der Waals surface area contributed by atoms with Crippen molar-refractivity contribution in [3.63, 3.8) is 0 Å². The van der Waals surface area contributed by atoms with Crippen LogP contribution in [0.5, 0.6) is 0 Å². The molecule has 0 amide bonds. The molecule has 1 saturated carbocycles. The normalized spacial score (nSPS) is 21.2. The number of nitrogens with two attached hydrogens (primary N) is 1. The van der Waals surface area contributed by atoms with Gasteiger partial charge in [-0.3, -0.25) is 4.79 Å². The second-order valence-electron chi connectivity index (χ2n) is 4.58. The molecule has 0 radical (unpaired) electrons. The van der Waals surface area contributed by atoms with Gasteiger partial charge in [-0.05, 0) is 25.2 Å². The van der Waals surface area contributed by atoms with Crippen LogP contribution in [-0.4, -0.2) is 11.8 Å². The van der Waals surface area contributed by atoms with Crippen molar-refractivity contribution in [2.24, 2.45) is 17.6 Å². The van der Waals surface area contributed by atoms with E-state index in [1.807, 2.05) is 0 Å². The highest BCUT2D eigenvalue weighted by atomic mass is 16.1. The van der Waals surface area contributed by atoms with Crippen molar-refractivity contribution in [1.82, 2.24) is 0 Å². The number of Topliss-reactive ketones (excluding diaryl/α,β-unsaturated/α-hetero) is 1. The fourth-order valence-electron chi connectivity index (χ4n) is 1.64. The average Bonchev–Trinajstić information content (AvgIpc) is 2.83. The van der Waals surface area contributed by atoms with E-state index in [9.17, 15) is 4.79 Å². The summed E-state index contributed by atoms with van der Waals surface area (Å²) >= 11 is 0. The van der Waals surface area contributed by atoms with Gasteiger partial charge in [0.05, 0.1) is 6.04 Å². The number of hydrogen-bond donors (Lipinski definition) is 1. The molecular formula is C11H21NO. The molecule has 1 aliphatic carbocycles. The van der Waals surface area contributed by atoms with E-state index in [0.717, 1.165) is 12.3 Å². The first kappa shape index (κ1) is 10.7. The summed E-state index contributed by atoms with van der Waals surface area (Å²) in [5, 5.41) is 0. The SMILES string of the molecule is CC(=O)[C@@H](N)C[C@@H](C)CCC1CC1. The minimum Gasteiger partial charge on any atom is -0.322 e. The molecule has 0 heterocycles. The van der Waals surface area contributed by atoms with Crippen LogP contribution in [0.3, 0.4) is 0 Å². The van der Waals surface area contributed by atoms with Crippen LogP contribution in [0.4, 0.5) is 0 Å². The molecule has 1 aliphatic rings. The van der Waals surface area contributed by atoms with Crippen molar-refractivity contribution in [1.29, 1.82) is 0 Å². The molecule has 0 saturated heterocycles. The number of carbonyl (C=O) groups excluding carboxylic acids is 1. The zero-order valence-electron chi connectivity index (χ0n) is 8.75. The van der Waals surface area contributed by atoms with E-state index in [-0.39, 0.29) is 11.8 Å². The van der Waals surface area contributed by atoms with Gasteiger partial charge in [0.1, 0.15) is 5.78 Å². The Morgan fingerprint density at radius 1 is 1.54 bits per heavy atom. The first-order valence-corrected chi connectivity index (χ1v) is 5.35. The third-order valence-corrected chi connectivity index (χ3v) is 2.94. The molecule has 0 bridgehead atoms. The monoisotopic (exact) mass is 183 g/mol. The minimum absolute atomic E-state index is 0.123. The molecule has 0 aliphatic heterocycles. The van der Waals surface area contributed by atoms with Crippen LogP contribution in [0.15, 0.2) is 0 Å². The molecule has 0 aromatic carbocycles. The highest BCUT2D eigenvalue weighted by molar-refractivity contribution is 5.81. The van der Waals surface area contributed by atoms with Crippen molar-refractivity contribution in [2.75, 3.05) is 0 Å². The molecule has 0 spiro atoms. The third-order valence-electron chi connectivity index (χ3n) is 2.94. The summed E-state index contributed by atoms with van der Waals surface area (Å²) in [7, 11) is 0. The van der Waals surface area contributed by atoms with E-state index in [1.165, 1.54) is 25.7 Å². The lowest BCUT2D eigenvalue weighted by Crippen LogP contribution is -2.30. The molecule has 2 nitrogen and oxygen atoms in total. The van der Waals surface area contributed by atoms with E-state index in [1.54, 1.807) is 6.92 Å². The van der Waals surface area contributed by atoms with Gasteiger partial charge in [0, 0.05) is 0 Å². The Morgan fingerprint density at radius 2 is 2.15 bits per heavy atom. The van der Waals surface area contributed by atoms with Crippen molar-refractivity contribution in [2.45, 2.75) is 52.0 Å². The van der Waals surface area contributed by atoms with Gasteiger partial charge >= 0.3 is 0 Å². The van der Waals surface area contributed by atoms with Crippen molar-refractivity contribution in [3.8, 4) is 0 Å². The van der Waals surface area contributed by atoms with Gasteiger partial charge in [-0.25, -0.2) is 0 Å². The van der Waals surface area contributed by atoms with E-state index < -0.39 is 0 Å². The van der Waals surface area contributed by atoms with Crippen molar-refractivity contribution >= 4 is 5.78 Å². The molecule has 76 valence electrons. The number of rotatable bonds is 6. The second-order valence-corrected chi connectivity index (χ2v) is 4.58. The van der Waals surface area contributed by atoms with Crippen LogP contribution in [0, 0.1) is 11.8 Å². The van der Waals surface area contributed by atoms with Crippen LogP contribution in [-0.2, 0) is 4.79 Å².